The van der Waals surface area contributed by atoms with E-state index in [0.717, 1.165) is 23.3 Å². The highest BCUT2D eigenvalue weighted by molar-refractivity contribution is 7.30. The molecule has 0 atom stereocenters. The SMILES string of the molecule is CC[Si](CC)(CC)O[Si](C(C)=O)(C(C)=O)c1ccccc1. The molecule has 0 aromatic heterocycles. The van der Waals surface area contributed by atoms with Crippen molar-refractivity contribution in [3.05, 3.63) is 30.3 Å². The first-order valence-electron chi connectivity index (χ1n) is 7.66. The second kappa shape index (κ2) is 7.29. The molecule has 0 saturated heterocycles. The summed E-state index contributed by atoms with van der Waals surface area (Å²) < 4.78 is 6.56. The molecule has 116 valence electrons. The van der Waals surface area contributed by atoms with Gasteiger partial charge < -0.3 is 13.7 Å². The van der Waals surface area contributed by atoms with E-state index in [0.29, 0.717) is 0 Å². The van der Waals surface area contributed by atoms with Crippen molar-refractivity contribution in [3.8, 4) is 0 Å². The van der Waals surface area contributed by atoms with Gasteiger partial charge in [0.2, 0.25) is 0 Å². The first-order valence-corrected chi connectivity index (χ1v) is 12.1. The molecule has 0 fully saturated rings. The summed E-state index contributed by atoms with van der Waals surface area (Å²) >= 11 is 0. The summed E-state index contributed by atoms with van der Waals surface area (Å²) in [6.45, 7) is 9.37. The van der Waals surface area contributed by atoms with Gasteiger partial charge >= 0.3 is 8.32 Å². The molecule has 1 rings (SSSR count). The lowest BCUT2D eigenvalue weighted by Gasteiger charge is -2.38. The smallest absolute Gasteiger partial charge is 0.355 e. The molecule has 0 radical (unpaired) electrons. The van der Waals surface area contributed by atoms with E-state index in [9.17, 15) is 9.59 Å². The summed E-state index contributed by atoms with van der Waals surface area (Å²) in [5.41, 5.74) is 0. The maximum absolute atomic E-state index is 12.5. The molecule has 0 aliphatic carbocycles. The Balaban J connectivity index is 3.46. The molecular weight excluding hydrogens is 296 g/mol. The quantitative estimate of drug-likeness (QED) is 0.691. The normalized spacial score (nSPS) is 12.2. The first-order chi connectivity index (χ1) is 9.88. The van der Waals surface area contributed by atoms with Gasteiger partial charge in [0, 0.05) is 0 Å². The van der Waals surface area contributed by atoms with Crippen LogP contribution in [0.5, 0.6) is 0 Å². The average Bonchev–Trinajstić information content (AvgIpc) is 2.50. The second-order valence-corrected chi connectivity index (χ2v) is 14.2. The lowest BCUT2D eigenvalue weighted by Crippen LogP contribution is -2.67. The highest BCUT2D eigenvalue weighted by Gasteiger charge is 2.52. The monoisotopic (exact) mass is 322 g/mol. The highest BCUT2D eigenvalue weighted by atomic mass is 28.4. The largest absolute Gasteiger partial charge is 0.442 e. The van der Waals surface area contributed by atoms with Crippen molar-refractivity contribution < 1.29 is 13.7 Å². The Morgan fingerprint density at radius 3 is 1.67 bits per heavy atom. The topological polar surface area (TPSA) is 43.4 Å². The number of carbonyl (C=O) groups excluding carboxylic acids is 2. The Morgan fingerprint density at radius 2 is 1.33 bits per heavy atom. The molecule has 0 unspecified atom stereocenters. The zero-order valence-electron chi connectivity index (χ0n) is 13.7. The molecule has 1 aromatic rings. The molecule has 1 aromatic carbocycles. The van der Waals surface area contributed by atoms with E-state index < -0.39 is 16.6 Å². The first kappa shape index (κ1) is 18.0. The van der Waals surface area contributed by atoms with Gasteiger partial charge in [-0.05, 0) is 37.2 Å². The summed E-state index contributed by atoms with van der Waals surface area (Å²) in [6, 6.07) is 12.2. The number of hydrogen-bond acceptors (Lipinski definition) is 3. The summed E-state index contributed by atoms with van der Waals surface area (Å²) in [5.74, 6) is 0. The molecule has 0 N–H and O–H groups in total. The van der Waals surface area contributed by atoms with Crippen molar-refractivity contribution in [1.82, 2.24) is 0 Å². The van der Waals surface area contributed by atoms with E-state index in [1.807, 2.05) is 30.3 Å². The van der Waals surface area contributed by atoms with E-state index >= 15 is 0 Å². The minimum Gasteiger partial charge on any atom is -0.442 e. The van der Waals surface area contributed by atoms with E-state index in [-0.39, 0.29) is 10.8 Å². The molecule has 0 aliphatic heterocycles. The van der Waals surface area contributed by atoms with Gasteiger partial charge in [-0.3, -0.25) is 0 Å². The van der Waals surface area contributed by atoms with E-state index in [4.69, 9.17) is 4.12 Å². The zero-order valence-corrected chi connectivity index (χ0v) is 15.7. The van der Waals surface area contributed by atoms with Gasteiger partial charge in [-0.25, -0.2) is 0 Å². The van der Waals surface area contributed by atoms with Crippen LogP contribution in [0.15, 0.2) is 30.3 Å². The number of carbonyl (C=O) groups is 2. The summed E-state index contributed by atoms with van der Waals surface area (Å²) in [5, 5.41) is 0.610. The van der Waals surface area contributed by atoms with Gasteiger partial charge in [0.05, 0.1) is 0 Å². The van der Waals surface area contributed by atoms with Gasteiger partial charge in [-0.15, -0.1) is 0 Å². The van der Waals surface area contributed by atoms with Gasteiger partial charge in [0.25, 0.3) is 0 Å². The highest BCUT2D eigenvalue weighted by Crippen LogP contribution is 2.27. The van der Waals surface area contributed by atoms with Gasteiger partial charge in [-0.2, -0.15) is 0 Å². The van der Waals surface area contributed by atoms with Gasteiger partial charge in [0.1, 0.15) is 0 Å². The van der Waals surface area contributed by atoms with Crippen LogP contribution in [-0.4, -0.2) is 27.4 Å². The van der Waals surface area contributed by atoms with E-state index in [1.165, 1.54) is 13.8 Å². The molecule has 3 nitrogen and oxygen atoms in total. The van der Waals surface area contributed by atoms with Crippen LogP contribution in [-0.2, 0) is 13.7 Å². The van der Waals surface area contributed by atoms with Gasteiger partial charge in [-0.1, -0.05) is 51.1 Å². The predicted octanol–water partition coefficient (Wildman–Crippen LogP) is 3.12. The van der Waals surface area contributed by atoms with Crippen LogP contribution in [0, 0.1) is 0 Å². The standard InChI is InChI=1S/C16H26O3Si2/c1-6-20(7-2,8-3)19-21(14(4)17,15(5)18)16-12-10-9-11-13-16/h9-13H,6-8H2,1-5H3. The minimum atomic E-state index is -3.24. The Kier molecular flexibility index (Phi) is 6.25. The molecule has 0 spiro atoms. The Labute approximate surface area is 130 Å². The lowest BCUT2D eigenvalue weighted by molar-refractivity contribution is -0.115. The Hall–Kier alpha value is -1.05. The van der Waals surface area contributed by atoms with Crippen LogP contribution in [0.4, 0.5) is 0 Å². The minimum absolute atomic E-state index is 0.0894. The fourth-order valence-electron chi connectivity index (χ4n) is 2.82. The number of benzene rings is 1. The number of hydrogen-bond donors (Lipinski definition) is 0. The van der Waals surface area contributed by atoms with Crippen molar-refractivity contribution in [2.45, 2.75) is 52.8 Å². The molecule has 0 aliphatic rings. The third kappa shape index (κ3) is 3.41. The Morgan fingerprint density at radius 1 is 0.905 bits per heavy atom. The molecule has 5 heteroatoms. The maximum Gasteiger partial charge on any atom is 0.355 e. The zero-order chi connectivity index (χ0) is 16.1. The second-order valence-electron chi connectivity index (χ2n) is 5.51. The van der Waals surface area contributed by atoms with Crippen molar-refractivity contribution in [2.24, 2.45) is 0 Å². The van der Waals surface area contributed by atoms with Gasteiger partial charge in [0.15, 0.2) is 19.1 Å². The van der Waals surface area contributed by atoms with Crippen LogP contribution in [0.3, 0.4) is 0 Å². The van der Waals surface area contributed by atoms with Crippen LogP contribution >= 0.6 is 0 Å². The third-order valence-corrected chi connectivity index (χ3v) is 14.4. The fourth-order valence-corrected chi connectivity index (χ4v) is 12.2. The molecular formula is C16H26O3Si2. The van der Waals surface area contributed by atoms with E-state index in [1.54, 1.807) is 0 Å². The lowest BCUT2D eigenvalue weighted by atomic mass is 10.4. The summed E-state index contributed by atoms with van der Waals surface area (Å²) in [6.07, 6.45) is 0. The van der Waals surface area contributed by atoms with Crippen molar-refractivity contribution in [2.75, 3.05) is 0 Å². The average molecular weight is 323 g/mol. The fraction of sp³-hybridized carbons (Fsp3) is 0.500. The van der Waals surface area contributed by atoms with E-state index in [2.05, 4.69) is 20.8 Å². The molecule has 0 saturated carbocycles. The van der Waals surface area contributed by atoms with Crippen molar-refractivity contribution in [1.29, 1.82) is 0 Å². The Bertz CT molecular complexity index is 473. The van der Waals surface area contributed by atoms with Crippen molar-refractivity contribution >= 4 is 32.6 Å². The van der Waals surface area contributed by atoms with Crippen LogP contribution in [0.1, 0.15) is 34.6 Å². The summed E-state index contributed by atoms with van der Waals surface area (Å²) in [7, 11) is -5.28. The van der Waals surface area contributed by atoms with Crippen LogP contribution in [0.25, 0.3) is 0 Å². The summed E-state index contributed by atoms with van der Waals surface area (Å²) in [4.78, 5) is 24.9. The molecule has 0 bridgehead atoms. The molecule has 0 amide bonds. The molecule has 21 heavy (non-hydrogen) atoms. The number of rotatable bonds is 8. The van der Waals surface area contributed by atoms with Crippen LogP contribution in [0.2, 0.25) is 18.1 Å². The van der Waals surface area contributed by atoms with Crippen LogP contribution < -0.4 is 5.19 Å². The molecule has 0 heterocycles. The maximum atomic E-state index is 12.5. The predicted molar refractivity (Wildman–Crippen MR) is 91.5 cm³/mol. The third-order valence-electron chi connectivity index (χ3n) is 4.47. The van der Waals surface area contributed by atoms with Crippen molar-refractivity contribution in [3.63, 3.8) is 0 Å².